The Morgan fingerprint density at radius 2 is 0.947 bits per heavy atom. The standard InChI is InChI=1S/C34H34N4/c1-23-18-25(3)33(26(4)19-23)38(34-27(5)20-24(2)21-28(34)6)31-14-12-30(13-15-31)37(29-10-8-7-9-11-29)32-16-17-35-22-36-32/h7-22H,1-6H3. The van der Waals surface area contributed by atoms with Crippen molar-refractivity contribution in [3.05, 3.63) is 131 Å². The molecule has 1 aromatic heterocycles. The molecule has 0 fully saturated rings. The molecule has 0 bridgehead atoms. The van der Waals surface area contributed by atoms with Gasteiger partial charge in [-0.3, -0.25) is 4.90 Å². The third-order valence-electron chi connectivity index (χ3n) is 6.89. The molecule has 0 atom stereocenters. The second-order valence-corrected chi connectivity index (χ2v) is 10.1. The van der Waals surface area contributed by atoms with E-state index in [0.29, 0.717) is 0 Å². The van der Waals surface area contributed by atoms with Crippen LogP contribution in [-0.4, -0.2) is 9.97 Å². The number of hydrogen-bond donors (Lipinski definition) is 0. The lowest BCUT2D eigenvalue weighted by Crippen LogP contribution is -2.16. The maximum absolute atomic E-state index is 4.55. The van der Waals surface area contributed by atoms with Crippen LogP contribution in [0.15, 0.2) is 97.5 Å². The topological polar surface area (TPSA) is 32.3 Å². The van der Waals surface area contributed by atoms with Crippen molar-refractivity contribution in [2.24, 2.45) is 0 Å². The molecule has 0 aliphatic heterocycles. The minimum absolute atomic E-state index is 0.825. The zero-order chi connectivity index (χ0) is 26.8. The molecule has 0 aliphatic carbocycles. The number of aryl methyl sites for hydroxylation is 6. The van der Waals surface area contributed by atoms with Crippen LogP contribution in [0.5, 0.6) is 0 Å². The van der Waals surface area contributed by atoms with Crippen molar-refractivity contribution >= 4 is 34.3 Å². The monoisotopic (exact) mass is 498 g/mol. The Labute approximate surface area is 226 Å². The fourth-order valence-electron chi connectivity index (χ4n) is 5.58. The molecule has 0 spiro atoms. The minimum atomic E-state index is 0.825. The molecule has 0 radical (unpaired) electrons. The van der Waals surface area contributed by atoms with Crippen molar-refractivity contribution in [1.82, 2.24) is 9.97 Å². The highest BCUT2D eigenvalue weighted by atomic mass is 15.2. The van der Waals surface area contributed by atoms with Crippen molar-refractivity contribution in [2.75, 3.05) is 9.80 Å². The van der Waals surface area contributed by atoms with Crippen molar-refractivity contribution in [1.29, 1.82) is 0 Å². The lowest BCUT2D eigenvalue weighted by Gasteiger charge is -2.32. The fraction of sp³-hybridized carbons (Fsp3) is 0.176. The summed E-state index contributed by atoms with van der Waals surface area (Å²) in [5.41, 5.74) is 13.3. The van der Waals surface area contributed by atoms with Gasteiger partial charge in [-0.1, -0.05) is 53.6 Å². The molecule has 190 valence electrons. The molecule has 38 heavy (non-hydrogen) atoms. The SMILES string of the molecule is Cc1cc(C)c(N(c2ccc(N(c3ccccc3)c3ccncn3)cc2)c2c(C)cc(C)cc2C)c(C)c1. The Hall–Kier alpha value is -4.44. The summed E-state index contributed by atoms with van der Waals surface area (Å²) in [6, 6.07) is 30.1. The third-order valence-corrected chi connectivity index (χ3v) is 6.89. The quantitative estimate of drug-likeness (QED) is 0.233. The normalized spacial score (nSPS) is 10.9. The van der Waals surface area contributed by atoms with Crippen molar-refractivity contribution in [2.45, 2.75) is 41.5 Å². The molecule has 4 nitrogen and oxygen atoms in total. The largest absolute Gasteiger partial charge is 0.309 e. The molecule has 5 rings (SSSR count). The van der Waals surface area contributed by atoms with E-state index in [0.717, 1.165) is 22.9 Å². The molecule has 0 saturated heterocycles. The number of aromatic nitrogens is 2. The Kier molecular flexibility index (Phi) is 6.97. The Morgan fingerprint density at radius 1 is 0.500 bits per heavy atom. The number of anilines is 6. The van der Waals surface area contributed by atoms with Gasteiger partial charge in [0.05, 0.1) is 11.4 Å². The first-order chi connectivity index (χ1) is 18.3. The van der Waals surface area contributed by atoms with Gasteiger partial charge in [-0.25, -0.2) is 9.97 Å². The zero-order valence-electron chi connectivity index (χ0n) is 23.0. The number of nitrogens with zero attached hydrogens (tertiary/aromatic N) is 4. The van der Waals surface area contributed by atoms with E-state index in [4.69, 9.17) is 0 Å². The second-order valence-electron chi connectivity index (χ2n) is 10.1. The van der Waals surface area contributed by atoms with E-state index in [9.17, 15) is 0 Å². The highest BCUT2D eigenvalue weighted by Crippen LogP contribution is 2.43. The van der Waals surface area contributed by atoms with E-state index in [1.54, 1.807) is 12.5 Å². The van der Waals surface area contributed by atoms with E-state index in [2.05, 4.69) is 122 Å². The molecular formula is C34H34N4. The molecule has 0 N–H and O–H groups in total. The van der Waals surface area contributed by atoms with Crippen LogP contribution < -0.4 is 9.80 Å². The van der Waals surface area contributed by atoms with E-state index in [1.807, 2.05) is 24.3 Å². The molecule has 0 amide bonds. The first kappa shape index (κ1) is 25.2. The van der Waals surface area contributed by atoms with Crippen LogP contribution in [0.1, 0.15) is 33.4 Å². The van der Waals surface area contributed by atoms with Gasteiger partial charge < -0.3 is 4.90 Å². The first-order valence-corrected chi connectivity index (χ1v) is 13.0. The smallest absolute Gasteiger partial charge is 0.140 e. The van der Waals surface area contributed by atoms with Gasteiger partial charge in [0, 0.05) is 23.3 Å². The fourth-order valence-corrected chi connectivity index (χ4v) is 5.58. The van der Waals surface area contributed by atoms with Gasteiger partial charge in [-0.15, -0.1) is 0 Å². The van der Waals surface area contributed by atoms with Gasteiger partial charge in [0.15, 0.2) is 0 Å². The van der Waals surface area contributed by atoms with Gasteiger partial charge in [-0.2, -0.15) is 0 Å². The molecule has 4 aromatic carbocycles. The van der Waals surface area contributed by atoms with Crippen LogP contribution in [-0.2, 0) is 0 Å². The molecular weight excluding hydrogens is 464 g/mol. The summed E-state index contributed by atoms with van der Waals surface area (Å²) >= 11 is 0. The number of rotatable bonds is 6. The minimum Gasteiger partial charge on any atom is -0.309 e. The summed E-state index contributed by atoms with van der Waals surface area (Å²) < 4.78 is 0. The molecule has 5 aromatic rings. The number of benzene rings is 4. The van der Waals surface area contributed by atoms with Gasteiger partial charge in [0.1, 0.15) is 12.1 Å². The van der Waals surface area contributed by atoms with Crippen LogP contribution in [0.3, 0.4) is 0 Å². The van der Waals surface area contributed by atoms with Gasteiger partial charge >= 0.3 is 0 Å². The van der Waals surface area contributed by atoms with Crippen LogP contribution >= 0.6 is 0 Å². The highest BCUT2D eigenvalue weighted by Gasteiger charge is 2.22. The maximum atomic E-state index is 4.55. The van der Waals surface area contributed by atoms with Crippen LogP contribution in [0, 0.1) is 41.5 Å². The van der Waals surface area contributed by atoms with Gasteiger partial charge in [-0.05, 0) is 106 Å². The number of hydrogen-bond acceptors (Lipinski definition) is 4. The van der Waals surface area contributed by atoms with Crippen LogP contribution in [0.2, 0.25) is 0 Å². The highest BCUT2D eigenvalue weighted by molar-refractivity contribution is 5.85. The van der Waals surface area contributed by atoms with E-state index in [-0.39, 0.29) is 0 Å². The lowest BCUT2D eigenvalue weighted by atomic mass is 9.98. The maximum Gasteiger partial charge on any atom is 0.140 e. The van der Waals surface area contributed by atoms with Crippen molar-refractivity contribution in [3.8, 4) is 0 Å². The lowest BCUT2D eigenvalue weighted by molar-refractivity contribution is 1.11. The summed E-state index contributed by atoms with van der Waals surface area (Å²) in [4.78, 5) is 13.3. The predicted octanol–water partition coefficient (Wildman–Crippen LogP) is 9.27. The van der Waals surface area contributed by atoms with Crippen molar-refractivity contribution < 1.29 is 0 Å². The Morgan fingerprint density at radius 3 is 1.39 bits per heavy atom. The third kappa shape index (κ3) is 4.90. The van der Waals surface area contributed by atoms with Crippen LogP contribution in [0.4, 0.5) is 34.3 Å². The van der Waals surface area contributed by atoms with Gasteiger partial charge in [0.25, 0.3) is 0 Å². The summed E-state index contributed by atoms with van der Waals surface area (Å²) in [5, 5.41) is 0. The average molecular weight is 499 g/mol. The van der Waals surface area contributed by atoms with Gasteiger partial charge in [0.2, 0.25) is 0 Å². The van der Waals surface area contributed by atoms with E-state index >= 15 is 0 Å². The van der Waals surface area contributed by atoms with Crippen molar-refractivity contribution in [3.63, 3.8) is 0 Å². The Bertz CT molecular complexity index is 1420. The molecule has 0 saturated carbocycles. The molecule has 4 heteroatoms. The van der Waals surface area contributed by atoms with E-state index < -0.39 is 0 Å². The zero-order valence-corrected chi connectivity index (χ0v) is 23.0. The average Bonchev–Trinajstić information content (AvgIpc) is 2.89. The summed E-state index contributed by atoms with van der Waals surface area (Å²) in [7, 11) is 0. The first-order valence-electron chi connectivity index (χ1n) is 13.0. The molecule has 1 heterocycles. The molecule has 0 unspecified atom stereocenters. The van der Waals surface area contributed by atoms with E-state index in [1.165, 1.54) is 44.8 Å². The Balaban J connectivity index is 1.68. The molecule has 0 aliphatic rings. The predicted molar refractivity (Wildman–Crippen MR) is 160 cm³/mol. The summed E-state index contributed by atoms with van der Waals surface area (Å²) in [5.74, 6) is 0.825. The summed E-state index contributed by atoms with van der Waals surface area (Å²) in [6.07, 6.45) is 3.37. The second kappa shape index (κ2) is 10.5. The van der Waals surface area contributed by atoms with Crippen LogP contribution in [0.25, 0.3) is 0 Å². The number of para-hydroxylation sites is 1. The summed E-state index contributed by atoms with van der Waals surface area (Å²) in [6.45, 7) is 13.2.